The molecule has 0 aliphatic carbocycles. The molecule has 0 spiro atoms. The Morgan fingerprint density at radius 3 is 2.33 bits per heavy atom. The molecule has 1 saturated heterocycles. The smallest absolute Gasteiger partial charge is 0.309 e. The molecule has 40 heavy (non-hydrogen) atoms. The second-order valence-corrected chi connectivity index (χ2v) is 11.0. The van der Waals surface area contributed by atoms with Crippen LogP contribution in [-0.2, 0) is 9.59 Å². The van der Waals surface area contributed by atoms with E-state index in [9.17, 15) is 14.7 Å². The molecule has 218 valence electrons. The minimum Gasteiger partial charge on any atom is -0.497 e. The second kappa shape index (κ2) is 13.9. The molecule has 0 bridgehead atoms. The fourth-order valence-electron chi connectivity index (χ4n) is 5.79. The number of carboxylic acids is 1. The van der Waals surface area contributed by atoms with Crippen molar-refractivity contribution >= 4 is 11.9 Å². The van der Waals surface area contributed by atoms with Crippen molar-refractivity contribution in [3.8, 4) is 17.2 Å². The predicted molar refractivity (Wildman–Crippen MR) is 153 cm³/mol. The van der Waals surface area contributed by atoms with Crippen molar-refractivity contribution in [2.45, 2.75) is 44.6 Å². The number of likely N-dealkylation sites (tertiary alicyclic amines) is 1. The average molecular weight is 554 g/mol. The average Bonchev–Trinajstić information content (AvgIpc) is 3.57. The number of hydrogen-bond acceptors (Lipinski definition) is 7. The van der Waals surface area contributed by atoms with E-state index < -0.39 is 17.9 Å². The summed E-state index contributed by atoms with van der Waals surface area (Å²) >= 11 is 0. The molecule has 4 rings (SSSR count). The Morgan fingerprint density at radius 2 is 1.65 bits per heavy atom. The number of hydrogen-bond donors (Lipinski definition) is 1. The van der Waals surface area contributed by atoms with Crippen molar-refractivity contribution in [2.24, 2.45) is 5.92 Å². The number of carboxylic acid groups (broad SMARTS) is 1. The van der Waals surface area contributed by atoms with Crippen LogP contribution in [0, 0.1) is 5.92 Å². The third kappa shape index (κ3) is 7.06. The summed E-state index contributed by atoms with van der Waals surface area (Å²) in [4.78, 5) is 32.8. The highest BCUT2D eigenvalue weighted by Gasteiger charge is 2.48. The van der Waals surface area contributed by atoms with Gasteiger partial charge in [0.1, 0.15) is 5.75 Å². The molecule has 2 aromatic rings. The van der Waals surface area contributed by atoms with Crippen LogP contribution in [0.4, 0.5) is 0 Å². The number of amides is 1. The van der Waals surface area contributed by atoms with E-state index in [4.69, 9.17) is 14.2 Å². The van der Waals surface area contributed by atoms with E-state index in [1.165, 1.54) is 0 Å². The minimum absolute atomic E-state index is 0.0484. The number of benzene rings is 2. The first-order valence-corrected chi connectivity index (χ1v) is 14.2. The lowest BCUT2D eigenvalue weighted by Gasteiger charge is -2.30. The summed E-state index contributed by atoms with van der Waals surface area (Å²) in [5, 5.41) is 10.5. The van der Waals surface area contributed by atoms with Gasteiger partial charge >= 0.3 is 5.97 Å². The zero-order valence-electron chi connectivity index (χ0n) is 24.2. The predicted octanol–water partition coefficient (Wildman–Crippen LogP) is 4.24. The van der Waals surface area contributed by atoms with Gasteiger partial charge in [0.2, 0.25) is 12.7 Å². The van der Waals surface area contributed by atoms with E-state index in [1.807, 2.05) is 47.4 Å². The summed E-state index contributed by atoms with van der Waals surface area (Å²) in [6.07, 6.45) is 3.91. The van der Waals surface area contributed by atoms with Crippen molar-refractivity contribution < 1.29 is 28.9 Å². The van der Waals surface area contributed by atoms with Gasteiger partial charge < -0.3 is 29.1 Å². The van der Waals surface area contributed by atoms with Gasteiger partial charge in [-0.1, -0.05) is 31.5 Å². The first-order valence-electron chi connectivity index (χ1n) is 14.2. The van der Waals surface area contributed by atoms with E-state index in [0.717, 1.165) is 43.4 Å². The maximum absolute atomic E-state index is 13.8. The van der Waals surface area contributed by atoms with Gasteiger partial charge in [-0.3, -0.25) is 14.5 Å². The van der Waals surface area contributed by atoms with E-state index >= 15 is 0 Å². The molecule has 0 aromatic heterocycles. The number of nitrogens with zero attached hydrogens (tertiary/aromatic N) is 3. The number of ether oxygens (including phenoxy) is 3. The molecule has 1 fully saturated rings. The topological polar surface area (TPSA) is 91.8 Å². The number of methoxy groups -OCH3 is 1. The second-order valence-electron chi connectivity index (χ2n) is 11.0. The third-order valence-electron chi connectivity index (χ3n) is 7.92. The summed E-state index contributed by atoms with van der Waals surface area (Å²) in [6.45, 7) is 5.30. The maximum atomic E-state index is 13.8. The minimum atomic E-state index is -0.884. The Kier molecular flexibility index (Phi) is 10.3. The van der Waals surface area contributed by atoms with Gasteiger partial charge in [-0.15, -0.1) is 0 Å². The van der Waals surface area contributed by atoms with Crippen LogP contribution in [0.15, 0.2) is 42.5 Å². The summed E-state index contributed by atoms with van der Waals surface area (Å²) in [7, 11) is 5.72. The van der Waals surface area contributed by atoms with Crippen LogP contribution in [0.2, 0.25) is 0 Å². The number of aliphatic carboxylic acids is 1. The zero-order valence-corrected chi connectivity index (χ0v) is 24.2. The fourth-order valence-corrected chi connectivity index (χ4v) is 5.79. The van der Waals surface area contributed by atoms with Crippen molar-refractivity contribution in [2.75, 3.05) is 60.7 Å². The van der Waals surface area contributed by atoms with Crippen LogP contribution in [0.3, 0.4) is 0 Å². The van der Waals surface area contributed by atoms with Gasteiger partial charge in [0.25, 0.3) is 0 Å². The summed E-state index contributed by atoms with van der Waals surface area (Å²) in [6, 6.07) is 12.7. The van der Waals surface area contributed by atoms with Gasteiger partial charge in [0.15, 0.2) is 11.5 Å². The maximum Gasteiger partial charge on any atom is 0.309 e. The van der Waals surface area contributed by atoms with Crippen LogP contribution in [-0.4, -0.2) is 92.4 Å². The van der Waals surface area contributed by atoms with Crippen molar-refractivity contribution in [1.82, 2.24) is 14.7 Å². The van der Waals surface area contributed by atoms with Crippen LogP contribution >= 0.6 is 0 Å². The molecule has 9 heteroatoms. The van der Waals surface area contributed by atoms with Gasteiger partial charge in [0, 0.05) is 31.6 Å². The zero-order chi connectivity index (χ0) is 28.6. The number of rotatable bonds is 14. The highest BCUT2D eigenvalue weighted by Crippen LogP contribution is 2.47. The van der Waals surface area contributed by atoms with E-state index in [0.29, 0.717) is 36.9 Å². The van der Waals surface area contributed by atoms with E-state index in [-0.39, 0.29) is 25.2 Å². The lowest BCUT2D eigenvalue weighted by atomic mass is 9.82. The van der Waals surface area contributed by atoms with Crippen molar-refractivity contribution in [1.29, 1.82) is 0 Å². The molecular formula is C31H43N3O6. The highest BCUT2D eigenvalue weighted by atomic mass is 16.7. The van der Waals surface area contributed by atoms with Crippen LogP contribution in [0.5, 0.6) is 17.2 Å². The Bertz CT molecular complexity index is 1140. The number of carbonyl (C=O) groups is 2. The lowest BCUT2D eigenvalue weighted by Crippen LogP contribution is -2.42. The summed E-state index contributed by atoms with van der Waals surface area (Å²) < 4.78 is 16.4. The molecule has 1 unspecified atom stereocenters. The molecule has 3 atom stereocenters. The SMILES string of the molecule is CCCCN(CCCCN(C)C)C(=O)CN1CC(c2ccc3c(c2)OCO3)[C@@H](C(=O)O)[C@@H]1c1ccc(OC)cc1. The molecule has 2 aromatic carbocycles. The van der Waals surface area contributed by atoms with Gasteiger partial charge in [-0.2, -0.15) is 0 Å². The molecule has 9 nitrogen and oxygen atoms in total. The highest BCUT2D eigenvalue weighted by molar-refractivity contribution is 5.79. The van der Waals surface area contributed by atoms with Crippen LogP contribution in [0.25, 0.3) is 0 Å². The van der Waals surface area contributed by atoms with Crippen molar-refractivity contribution in [3.05, 3.63) is 53.6 Å². The molecule has 2 heterocycles. The number of fused-ring (bicyclic) bond motifs is 1. The first-order chi connectivity index (χ1) is 19.3. The molecule has 0 radical (unpaired) electrons. The molecular weight excluding hydrogens is 510 g/mol. The molecule has 1 amide bonds. The van der Waals surface area contributed by atoms with Gasteiger partial charge in [-0.25, -0.2) is 0 Å². The number of unbranched alkanes of at least 4 members (excludes halogenated alkanes) is 2. The quantitative estimate of drug-likeness (QED) is 0.348. The Balaban J connectivity index is 1.61. The van der Waals surface area contributed by atoms with Crippen LogP contribution in [0.1, 0.15) is 55.7 Å². The monoisotopic (exact) mass is 553 g/mol. The Morgan fingerprint density at radius 1 is 0.975 bits per heavy atom. The van der Waals surface area contributed by atoms with Crippen LogP contribution < -0.4 is 14.2 Å². The fraction of sp³-hybridized carbons (Fsp3) is 0.548. The standard InChI is InChI=1S/C31H43N3O6/c1-5-6-16-33(17-8-7-15-32(2)3)28(35)20-34-19-25(23-11-14-26-27(18-23)40-21-39-26)29(31(36)37)30(34)22-9-12-24(38-4)13-10-22/h9-14,18,25,29-30H,5-8,15-17,19-21H2,1-4H3,(H,36,37)/t25?,29-,30+/m1/s1. The molecule has 2 aliphatic rings. The number of carbonyl (C=O) groups excluding carboxylic acids is 1. The largest absolute Gasteiger partial charge is 0.497 e. The molecule has 1 N–H and O–H groups in total. The summed E-state index contributed by atoms with van der Waals surface area (Å²) in [5.41, 5.74) is 1.73. The Labute approximate surface area is 237 Å². The molecule has 0 saturated carbocycles. The summed E-state index contributed by atoms with van der Waals surface area (Å²) in [5.74, 6) is 0.0833. The van der Waals surface area contributed by atoms with Gasteiger partial charge in [-0.05, 0) is 75.3 Å². The first kappa shape index (κ1) is 29.7. The van der Waals surface area contributed by atoms with Crippen molar-refractivity contribution in [3.63, 3.8) is 0 Å². The third-order valence-corrected chi connectivity index (χ3v) is 7.92. The van der Waals surface area contributed by atoms with E-state index in [2.05, 4.69) is 30.8 Å². The normalized spacial score (nSPS) is 20.2. The van der Waals surface area contributed by atoms with Gasteiger partial charge in [0.05, 0.1) is 19.6 Å². The molecule has 2 aliphatic heterocycles. The van der Waals surface area contributed by atoms with E-state index in [1.54, 1.807) is 7.11 Å². The lowest BCUT2D eigenvalue weighted by molar-refractivity contribution is -0.144. The Hall–Kier alpha value is -3.30.